The van der Waals surface area contributed by atoms with Crippen molar-refractivity contribution in [1.29, 1.82) is 0 Å². The molecule has 1 heterocycles. The standard InChI is InChI=1S/C20H21FN2O/c21-13-4-3-5-16-8-10-17(11-9-16)12-14-24-20-18-6-1-2-7-19(18)22-15-23-20/h1-2,6-11,15H,3-5,12-14H2/i21-1. The summed E-state index contributed by atoms with van der Waals surface area (Å²) in [6.07, 6.45) is 4.84. The first-order chi connectivity index (χ1) is 11.9. The molecule has 124 valence electrons. The summed E-state index contributed by atoms with van der Waals surface area (Å²) in [6, 6.07) is 16.3. The van der Waals surface area contributed by atoms with Crippen LogP contribution in [0.1, 0.15) is 24.0 Å². The van der Waals surface area contributed by atoms with Crippen LogP contribution in [-0.4, -0.2) is 23.2 Å². The van der Waals surface area contributed by atoms with Gasteiger partial charge in [0, 0.05) is 6.42 Å². The summed E-state index contributed by atoms with van der Waals surface area (Å²) in [5.41, 5.74) is 3.37. The smallest absolute Gasteiger partial charge is 0.224 e. The monoisotopic (exact) mass is 323 g/mol. The van der Waals surface area contributed by atoms with Crippen LogP contribution in [0.15, 0.2) is 54.9 Å². The summed E-state index contributed by atoms with van der Waals surface area (Å²) < 4.78 is 18.0. The molecule has 24 heavy (non-hydrogen) atoms. The highest BCUT2D eigenvalue weighted by atomic mass is 18.2. The van der Waals surface area contributed by atoms with Crippen LogP contribution in [0.5, 0.6) is 5.88 Å². The van der Waals surface area contributed by atoms with Crippen LogP contribution in [-0.2, 0) is 12.8 Å². The third kappa shape index (κ3) is 4.28. The Bertz CT molecular complexity index is 769. The summed E-state index contributed by atoms with van der Waals surface area (Å²) >= 11 is 0. The molecule has 0 saturated carbocycles. The second-order valence-electron chi connectivity index (χ2n) is 5.76. The number of ether oxygens (including phenoxy) is 1. The first kappa shape index (κ1) is 16.4. The number of benzene rings is 2. The van der Waals surface area contributed by atoms with E-state index in [0.717, 1.165) is 30.2 Å². The molecule has 2 aromatic carbocycles. The second kappa shape index (κ2) is 8.39. The molecule has 0 aliphatic carbocycles. The highest BCUT2D eigenvalue weighted by molar-refractivity contribution is 5.82. The van der Waals surface area contributed by atoms with Gasteiger partial charge in [-0.1, -0.05) is 36.4 Å². The summed E-state index contributed by atoms with van der Waals surface area (Å²) in [5, 5.41) is 0.934. The predicted octanol–water partition coefficient (Wildman–Crippen LogP) is 4.54. The summed E-state index contributed by atoms with van der Waals surface area (Å²) in [5.74, 6) is 0.628. The molecule has 0 fully saturated rings. The number of rotatable bonds is 8. The van der Waals surface area contributed by atoms with Gasteiger partial charge >= 0.3 is 0 Å². The van der Waals surface area contributed by atoms with Crippen molar-refractivity contribution in [3.05, 3.63) is 66.0 Å². The molecule has 0 unspecified atom stereocenters. The lowest BCUT2D eigenvalue weighted by molar-refractivity contribution is 0.313. The van der Waals surface area contributed by atoms with Gasteiger partial charge in [0.25, 0.3) is 0 Å². The Labute approximate surface area is 141 Å². The maximum atomic E-state index is 12.1. The van der Waals surface area contributed by atoms with Crippen molar-refractivity contribution < 1.29 is 9.13 Å². The van der Waals surface area contributed by atoms with E-state index >= 15 is 0 Å². The maximum absolute atomic E-state index is 12.1. The third-order valence-electron chi connectivity index (χ3n) is 4.01. The zero-order chi connectivity index (χ0) is 16.6. The van der Waals surface area contributed by atoms with Crippen molar-refractivity contribution >= 4 is 10.9 Å². The molecule has 4 heteroatoms. The Morgan fingerprint density at radius 2 is 1.58 bits per heavy atom. The molecule has 3 aromatic rings. The first-order valence-electron chi connectivity index (χ1n) is 8.33. The van der Waals surface area contributed by atoms with Crippen molar-refractivity contribution in [3.63, 3.8) is 0 Å². The molecule has 0 atom stereocenters. The molecular formula is C20H21FN2O. The topological polar surface area (TPSA) is 35.0 Å². The normalized spacial score (nSPS) is 10.9. The van der Waals surface area contributed by atoms with Gasteiger partial charge in [-0.2, -0.15) is 0 Å². The van der Waals surface area contributed by atoms with Crippen LogP contribution < -0.4 is 4.74 Å². The van der Waals surface area contributed by atoms with Crippen LogP contribution >= 0.6 is 0 Å². The summed E-state index contributed by atoms with van der Waals surface area (Å²) in [4.78, 5) is 8.46. The molecule has 0 radical (unpaired) electrons. The molecule has 0 saturated heterocycles. The molecule has 0 bridgehead atoms. The number of fused-ring (bicyclic) bond motifs is 1. The van der Waals surface area contributed by atoms with Gasteiger partial charge in [0.2, 0.25) is 5.88 Å². The zero-order valence-corrected chi connectivity index (χ0v) is 13.6. The highest BCUT2D eigenvalue weighted by Gasteiger charge is 2.04. The van der Waals surface area contributed by atoms with Gasteiger partial charge in [-0.3, -0.25) is 4.39 Å². The van der Waals surface area contributed by atoms with Crippen molar-refractivity contribution in [2.45, 2.75) is 25.7 Å². The van der Waals surface area contributed by atoms with Gasteiger partial charge < -0.3 is 4.74 Å². The molecule has 0 amide bonds. The van der Waals surface area contributed by atoms with Gasteiger partial charge in [0.05, 0.1) is 24.2 Å². The number of nitrogens with zero attached hydrogens (tertiary/aromatic N) is 2. The lowest BCUT2D eigenvalue weighted by Crippen LogP contribution is -2.03. The molecule has 3 nitrogen and oxygen atoms in total. The Hall–Kier alpha value is -2.49. The molecule has 0 spiro atoms. The molecule has 0 aliphatic rings. The fourth-order valence-corrected chi connectivity index (χ4v) is 2.66. The minimum absolute atomic E-state index is 0.229. The van der Waals surface area contributed by atoms with Crippen LogP contribution in [0, 0.1) is 0 Å². The number of para-hydroxylation sites is 1. The minimum Gasteiger partial charge on any atom is -0.477 e. The van der Waals surface area contributed by atoms with Gasteiger partial charge in [0.1, 0.15) is 6.33 Å². The van der Waals surface area contributed by atoms with E-state index in [1.807, 2.05) is 24.3 Å². The fourth-order valence-electron chi connectivity index (χ4n) is 2.66. The largest absolute Gasteiger partial charge is 0.477 e. The Kier molecular flexibility index (Phi) is 5.72. The molecular weight excluding hydrogens is 302 g/mol. The van der Waals surface area contributed by atoms with E-state index < -0.39 is 0 Å². The molecule has 3 rings (SSSR count). The zero-order valence-electron chi connectivity index (χ0n) is 13.6. The SMILES string of the molecule is [18F]CCCCc1ccc(CCOc2ncnc3ccccc23)cc1. The number of hydrogen-bond acceptors (Lipinski definition) is 3. The lowest BCUT2D eigenvalue weighted by Gasteiger charge is -2.08. The van der Waals surface area contributed by atoms with E-state index in [4.69, 9.17) is 4.74 Å². The Morgan fingerprint density at radius 3 is 2.38 bits per heavy atom. The van der Waals surface area contributed by atoms with Crippen molar-refractivity contribution in [1.82, 2.24) is 9.97 Å². The average molecular weight is 323 g/mol. The van der Waals surface area contributed by atoms with Crippen molar-refractivity contribution in [2.75, 3.05) is 13.3 Å². The van der Waals surface area contributed by atoms with E-state index in [0.29, 0.717) is 18.9 Å². The number of alkyl halides is 1. The average Bonchev–Trinajstić information content (AvgIpc) is 2.63. The number of aromatic nitrogens is 2. The van der Waals surface area contributed by atoms with Crippen LogP contribution in [0.25, 0.3) is 10.9 Å². The number of aryl methyl sites for hydroxylation is 1. The van der Waals surface area contributed by atoms with Crippen molar-refractivity contribution in [2.24, 2.45) is 0 Å². The maximum Gasteiger partial charge on any atom is 0.224 e. The lowest BCUT2D eigenvalue weighted by atomic mass is 10.1. The van der Waals surface area contributed by atoms with Gasteiger partial charge in [-0.25, -0.2) is 9.97 Å². The quantitative estimate of drug-likeness (QED) is 0.571. The highest BCUT2D eigenvalue weighted by Crippen LogP contribution is 2.20. The predicted molar refractivity (Wildman–Crippen MR) is 94.1 cm³/mol. The van der Waals surface area contributed by atoms with Crippen LogP contribution in [0.3, 0.4) is 0 Å². The van der Waals surface area contributed by atoms with Gasteiger partial charge in [-0.15, -0.1) is 0 Å². The van der Waals surface area contributed by atoms with E-state index in [2.05, 4.69) is 34.2 Å². The second-order valence-corrected chi connectivity index (χ2v) is 5.76. The minimum atomic E-state index is -0.229. The first-order valence-corrected chi connectivity index (χ1v) is 8.33. The van der Waals surface area contributed by atoms with E-state index in [-0.39, 0.29) is 6.67 Å². The fraction of sp³-hybridized carbons (Fsp3) is 0.300. The van der Waals surface area contributed by atoms with Gasteiger partial charge in [0.15, 0.2) is 0 Å². The summed E-state index contributed by atoms with van der Waals surface area (Å²) in [7, 11) is 0. The van der Waals surface area contributed by atoms with Crippen LogP contribution in [0.2, 0.25) is 0 Å². The number of unbranched alkanes of at least 4 members (excludes halogenated alkanes) is 1. The van der Waals surface area contributed by atoms with E-state index in [9.17, 15) is 4.39 Å². The van der Waals surface area contributed by atoms with E-state index in [1.54, 1.807) is 0 Å². The number of hydrogen-bond donors (Lipinski definition) is 0. The third-order valence-corrected chi connectivity index (χ3v) is 4.01. The van der Waals surface area contributed by atoms with Crippen LogP contribution in [0.4, 0.5) is 4.39 Å². The van der Waals surface area contributed by atoms with E-state index in [1.165, 1.54) is 17.5 Å². The Balaban J connectivity index is 1.54. The van der Waals surface area contributed by atoms with Gasteiger partial charge in [-0.05, 0) is 42.5 Å². The summed E-state index contributed by atoms with van der Waals surface area (Å²) in [6.45, 7) is 0.343. The molecule has 1 aromatic heterocycles. The Morgan fingerprint density at radius 1 is 0.833 bits per heavy atom. The van der Waals surface area contributed by atoms with Crippen molar-refractivity contribution in [3.8, 4) is 5.88 Å². The molecule has 0 N–H and O–H groups in total. The number of halogens is 1. The molecule has 0 aliphatic heterocycles.